The van der Waals surface area contributed by atoms with Gasteiger partial charge in [0.2, 0.25) is 5.88 Å². The van der Waals surface area contributed by atoms with Gasteiger partial charge in [0.1, 0.15) is 6.33 Å². The number of nitrogens with zero attached hydrogens (tertiary/aromatic N) is 3. The van der Waals surface area contributed by atoms with E-state index in [0.29, 0.717) is 12.5 Å². The molecule has 0 radical (unpaired) electrons. The lowest BCUT2D eigenvalue weighted by molar-refractivity contribution is 0.324. The summed E-state index contributed by atoms with van der Waals surface area (Å²) in [5.74, 6) is 1.38. The standard InChI is InChI=1S/C13H18N4O/c1-5-18-13-11(4)12(14-8-15-13)16-17-9(2)6-7-10(17)3/h6-8H,5H2,1-4H3,(H,14,15,16). The van der Waals surface area contributed by atoms with E-state index in [1.807, 2.05) is 32.4 Å². The van der Waals surface area contributed by atoms with Crippen molar-refractivity contribution in [2.45, 2.75) is 27.7 Å². The zero-order chi connectivity index (χ0) is 13.1. The first kappa shape index (κ1) is 12.4. The van der Waals surface area contributed by atoms with Gasteiger partial charge in [-0.15, -0.1) is 0 Å². The predicted octanol–water partition coefficient (Wildman–Crippen LogP) is 2.48. The molecule has 0 amide bonds. The highest BCUT2D eigenvalue weighted by Gasteiger charge is 2.09. The Morgan fingerprint density at radius 1 is 1.17 bits per heavy atom. The third-order valence-corrected chi connectivity index (χ3v) is 2.81. The van der Waals surface area contributed by atoms with E-state index < -0.39 is 0 Å². The summed E-state index contributed by atoms with van der Waals surface area (Å²) in [5, 5.41) is 0. The Hall–Kier alpha value is -2.04. The van der Waals surface area contributed by atoms with E-state index in [9.17, 15) is 0 Å². The zero-order valence-electron chi connectivity index (χ0n) is 11.2. The second-order valence-corrected chi connectivity index (χ2v) is 4.15. The van der Waals surface area contributed by atoms with Crippen molar-refractivity contribution in [2.75, 3.05) is 12.0 Å². The van der Waals surface area contributed by atoms with Crippen LogP contribution in [0.15, 0.2) is 18.5 Å². The number of rotatable bonds is 4. The Morgan fingerprint density at radius 2 is 1.83 bits per heavy atom. The van der Waals surface area contributed by atoms with Gasteiger partial charge in [-0.05, 0) is 39.8 Å². The Kier molecular flexibility index (Phi) is 3.50. The minimum absolute atomic E-state index is 0.596. The molecule has 5 heteroatoms. The van der Waals surface area contributed by atoms with E-state index in [0.717, 1.165) is 22.8 Å². The van der Waals surface area contributed by atoms with Gasteiger partial charge in [0.15, 0.2) is 5.82 Å². The van der Waals surface area contributed by atoms with Gasteiger partial charge in [-0.3, -0.25) is 10.1 Å². The van der Waals surface area contributed by atoms with Gasteiger partial charge < -0.3 is 4.74 Å². The second-order valence-electron chi connectivity index (χ2n) is 4.15. The lowest BCUT2D eigenvalue weighted by atomic mass is 10.3. The maximum atomic E-state index is 5.46. The molecule has 18 heavy (non-hydrogen) atoms. The van der Waals surface area contributed by atoms with Crippen LogP contribution in [-0.4, -0.2) is 21.3 Å². The fourth-order valence-electron chi connectivity index (χ4n) is 1.78. The highest BCUT2D eigenvalue weighted by molar-refractivity contribution is 5.48. The van der Waals surface area contributed by atoms with Crippen LogP contribution in [0.3, 0.4) is 0 Å². The average Bonchev–Trinajstić information content (AvgIpc) is 2.66. The smallest absolute Gasteiger partial charge is 0.221 e. The number of ether oxygens (including phenoxy) is 1. The molecule has 0 aliphatic carbocycles. The molecule has 1 N–H and O–H groups in total. The van der Waals surface area contributed by atoms with Crippen LogP contribution in [0.5, 0.6) is 5.88 Å². The van der Waals surface area contributed by atoms with Crippen molar-refractivity contribution in [1.29, 1.82) is 0 Å². The number of hydrogen-bond donors (Lipinski definition) is 1. The van der Waals surface area contributed by atoms with Crippen LogP contribution in [0.25, 0.3) is 0 Å². The number of anilines is 1. The Labute approximate surface area is 107 Å². The Balaban J connectivity index is 2.32. The molecule has 0 saturated carbocycles. The molecule has 0 unspecified atom stereocenters. The maximum absolute atomic E-state index is 5.46. The van der Waals surface area contributed by atoms with Crippen molar-refractivity contribution in [3.05, 3.63) is 35.4 Å². The van der Waals surface area contributed by atoms with Crippen LogP contribution < -0.4 is 10.2 Å². The molecular formula is C13H18N4O. The predicted molar refractivity (Wildman–Crippen MR) is 70.9 cm³/mol. The van der Waals surface area contributed by atoms with Gasteiger partial charge in [-0.2, -0.15) is 0 Å². The van der Waals surface area contributed by atoms with E-state index in [2.05, 4.69) is 27.5 Å². The van der Waals surface area contributed by atoms with Crippen LogP contribution in [-0.2, 0) is 0 Å². The van der Waals surface area contributed by atoms with Gasteiger partial charge in [-0.25, -0.2) is 9.97 Å². The lowest BCUT2D eigenvalue weighted by Crippen LogP contribution is -2.15. The summed E-state index contributed by atoms with van der Waals surface area (Å²) in [7, 11) is 0. The number of aromatic nitrogens is 3. The minimum atomic E-state index is 0.596. The fraction of sp³-hybridized carbons (Fsp3) is 0.385. The Morgan fingerprint density at radius 3 is 2.44 bits per heavy atom. The van der Waals surface area contributed by atoms with Gasteiger partial charge in [-0.1, -0.05) is 0 Å². The molecule has 2 heterocycles. The molecule has 0 aliphatic heterocycles. The summed E-state index contributed by atoms with van der Waals surface area (Å²) >= 11 is 0. The summed E-state index contributed by atoms with van der Waals surface area (Å²) < 4.78 is 7.45. The van der Waals surface area contributed by atoms with E-state index in [4.69, 9.17) is 4.74 Å². The fourth-order valence-corrected chi connectivity index (χ4v) is 1.78. The number of hydrogen-bond acceptors (Lipinski definition) is 4. The number of nitrogens with one attached hydrogen (secondary N) is 1. The summed E-state index contributed by atoms with van der Waals surface area (Å²) in [4.78, 5) is 8.38. The maximum Gasteiger partial charge on any atom is 0.221 e. The molecule has 2 aromatic heterocycles. The molecule has 0 aromatic carbocycles. The van der Waals surface area contributed by atoms with Gasteiger partial charge >= 0.3 is 0 Å². The normalized spacial score (nSPS) is 10.4. The van der Waals surface area contributed by atoms with E-state index in [1.54, 1.807) is 0 Å². The highest BCUT2D eigenvalue weighted by atomic mass is 16.5. The molecule has 96 valence electrons. The van der Waals surface area contributed by atoms with Crippen LogP contribution in [0.2, 0.25) is 0 Å². The third-order valence-electron chi connectivity index (χ3n) is 2.81. The molecule has 0 atom stereocenters. The van der Waals surface area contributed by atoms with E-state index in [1.165, 1.54) is 6.33 Å². The van der Waals surface area contributed by atoms with Crippen LogP contribution in [0, 0.1) is 20.8 Å². The number of aryl methyl sites for hydroxylation is 2. The molecule has 2 rings (SSSR count). The molecular weight excluding hydrogens is 228 g/mol. The van der Waals surface area contributed by atoms with Crippen molar-refractivity contribution in [3.63, 3.8) is 0 Å². The summed E-state index contributed by atoms with van der Waals surface area (Å²) in [5.41, 5.74) is 6.44. The van der Waals surface area contributed by atoms with E-state index >= 15 is 0 Å². The van der Waals surface area contributed by atoms with Gasteiger partial charge in [0.25, 0.3) is 0 Å². The minimum Gasteiger partial charge on any atom is -0.478 e. The van der Waals surface area contributed by atoms with E-state index in [-0.39, 0.29) is 0 Å². The van der Waals surface area contributed by atoms with Crippen LogP contribution in [0.4, 0.5) is 5.82 Å². The van der Waals surface area contributed by atoms with Gasteiger partial charge in [0, 0.05) is 11.4 Å². The molecule has 0 fully saturated rings. The first-order chi connectivity index (χ1) is 8.63. The molecule has 0 bridgehead atoms. The second kappa shape index (κ2) is 5.08. The SMILES string of the molecule is CCOc1ncnc(Nn2c(C)ccc2C)c1C. The largest absolute Gasteiger partial charge is 0.478 e. The van der Waals surface area contributed by atoms with Crippen molar-refractivity contribution in [1.82, 2.24) is 14.6 Å². The Bertz CT molecular complexity index is 528. The van der Waals surface area contributed by atoms with Crippen molar-refractivity contribution in [3.8, 4) is 5.88 Å². The van der Waals surface area contributed by atoms with Crippen LogP contribution in [0.1, 0.15) is 23.9 Å². The lowest BCUT2D eigenvalue weighted by Gasteiger charge is -2.15. The molecule has 0 spiro atoms. The topological polar surface area (TPSA) is 52.0 Å². The monoisotopic (exact) mass is 246 g/mol. The average molecular weight is 246 g/mol. The quantitative estimate of drug-likeness (QED) is 0.900. The first-order valence-electron chi connectivity index (χ1n) is 6.00. The molecule has 0 aliphatic rings. The molecule has 2 aromatic rings. The summed E-state index contributed by atoms with van der Waals surface area (Å²) in [6.07, 6.45) is 1.51. The van der Waals surface area contributed by atoms with Crippen LogP contribution >= 0.6 is 0 Å². The molecule has 5 nitrogen and oxygen atoms in total. The molecule has 0 saturated heterocycles. The van der Waals surface area contributed by atoms with Crippen molar-refractivity contribution < 1.29 is 4.74 Å². The third kappa shape index (κ3) is 2.30. The van der Waals surface area contributed by atoms with Crippen molar-refractivity contribution >= 4 is 5.82 Å². The summed E-state index contributed by atoms with van der Waals surface area (Å²) in [6.45, 7) is 8.56. The van der Waals surface area contributed by atoms with Gasteiger partial charge in [0.05, 0.1) is 12.2 Å². The zero-order valence-corrected chi connectivity index (χ0v) is 11.2. The highest BCUT2D eigenvalue weighted by Crippen LogP contribution is 2.21. The van der Waals surface area contributed by atoms with Crippen molar-refractivity contribution in [2.24, 2.45) is 0 Å². The first-order valence-corrected chi connectivity index (χ1v) is 6.00. The summed E-state index contributed by atoms with van der Waals surface area (Å²) in [6, 6.07) is 4.12.